The number of nitrogens with zero attached hydrogens (tertiary/aromatic N) is 2. The number of carbonyl (C=O) groups is 2. The van der Waals surface area contributed by atoms with Crippen molar-refractivity contribution in [2.75, 3.05) is 6.54 Å². The van der Waals surface area contributed by atoms with E-state index in [1.807, 2.05) is 0 Å². The van der Waals surface area contributed by atoms with E-state index in [1.54, 1.807) is 6.08 Å². The van der Waals surface area contributed by atoms with Crippen molar-refractivity contribution in [1.82, 2.24) is 15.1 Å². The predicted molar refractivity (Wildman–Crippen MR) is 52.4 cm³/mol. The first-order valence-corrected chi connectivity index (χ1v) is 4.27. The van der Waals surface area contributed by atoms with Crippen molar-refractivity contribution in [3.8, 4) is 0 Å². The largest absolute Gasteiger partial charge is 0.478 e. The maximum absolute atomic E-state index is 11.2. The Kier molecular flexibility index (Phi) is 3.61. The van der Waals surface area contributed by atoms with Gasteiger partial charge in [0.15, 0.2) is 0 Å². The standard InChI is InChI=1S/C9H11N3O3/c1-2-3-10-8(13)6-12-5-7(4-11-12)9(14)15/h2,4-5H,1,3,6H2,(H,10,13)(H,14,15). The summed E-state index contributed by atoms with van der Waals surface area (Å²) in [4.78, 5) is 21.7. The summed E-state index contributed by atoms with van der Waals surface area (Å²) in [5.41, 5.74) is 0.0616. The predicted octanol–water partition coefficient (Wildman–Crippen LogP) is -0.117. The van der Waals surface area contributed by atoms with Crippen LogP contribution < -0.4 is 5.32 Å². The highest BCUT2D eigenvalue weighted by Gasteiger charge is 2.07. The number of nitrogens with one attached hydrogen (secondary N) is 1. The lowest BCUT2D eigenvalue weighted by Crippen LogP contribution is -2.27. The molecule has 0 fully saturated rings. The molecule has 6 heteroatoms. The van der Waals surface area contributed by atoms with Gasteiger partial charge in [0, 0.05) is 12.7 Å². The zero-order valence-corrected chi connectivity index (χ0v) is 8.01. The molecular formula is C9H11N3O3. The molecule has 1 aromatic heterocycles. The normalized spacial score (nSPS) is 9.60. The second-order valence-corrected chi connectivity index (χ2v) is 2.82. The summed E-state index contributed by atoms with van der Waals surface area (Å²) >= 11 is 0. The third-order valence-corrected chi connectivity index (χ3v) is 1.63. The number of aromatic carboxylic acids is 1. The number of carboxylic acid groups (broad SMARTS) is 1. The van der Waals surface area contributed by atoms with Crippen molar-refractivity contribution in [2.45, 2.75) is 6.54 Å². The average Bonchev–Trinajstić information content (AvgIpc) is 2.63. The molecule has 1 rings (SSSR count). The fourth-order valence-electron chi connectivity index (χ4n) is 0.950. The van der Waals surface area contributed by atoms with Gasteiger partial charge in [-0.05, 0) is 0 Å². The van der Waals surface area contributed by atoms with Crippen LogP contribution in [0.15, 0.2) is 25.0 Å². The Bertz CT molecular complexity index is 384. The monoisotopic (exact) mass is 209 g/mol. The quantitative estimate of drug-likeness (QED) is 0.662. The van der Waals surface area contributed by atoms with E-state index < -0.39 is 5.97 Å². The number of rotatable bonds is 5. The molecule has 1 heterocycles. The van der Waals surface area contributed by atoms with Crippen LogP contribution >= 0.6 is 0 Å². The van der Waals surface area contributed by atoms with Crippen molar-refractivity contribution in [3.63, 3.8) is 0 Å². The number of carbonyl (C=O) groups excluding carboxylic acids is 1. The van der Waals surface area contributed by atoms with Crippen molar-refractivity contribution >= 4 is 11.9 Å². The number of hydrogen-bond donors (Lipinski definition) is 2. The molecule has 0 saturated heterocycles. The third-order valence-electron chi connectivity index (χ3n) is 1.63. The fourth-order valence-corrected chi connectivity index (χ4v) is 0.950. The van der Waals surface area contributed by atoms with Gasteiger partial charge in [0.2, 0.25) is 5.91 Å². The van der Waals surface area contributed by atoms with Gasteiger partial charge in [0.05, 0.1) is 11.8 Å². The number of hydrogen-bond acceptors (Lipinski definition) is 3. The highest BCUT2D eigenvalue weighted by atomic mass is 16.4. The second kappa shape index (κ2) is 4.94. The van der Waals surface area contributed by atoms with Crippen molar-refractivity contribution < 1.29 is 14.7 Å². The lowest BCUT2D eigenvalue weighted by atomic mass is 10.4. The summed E-state index contributed by atoms with van der Waals surface area (Å²) in [6, 6.07) is 0. The van der Waals surface area contributed by atoms with Crippen LogP contribution in [-0.2, 0) is 11.3 Å². The van der Waals surface area contributed by atoms with E-state index in [-0.39, 0.29) is 18.0 Å². The lowest BCUT2D eigenvalue weighted by Gasteiger charge is -2.01. The molecule has 0 radical (unpaired) electrons. The molecule has 0 spiro atoms. The highest BCUT2D eigenvalue weighted by molar-refractivity contribution is 5.87. The van der Waals surface area contributed by atoms with E-state index in [0.29, 0.717) is 6.54 Å². The van der Waals surface area contributed by atoms with Crippen LogP contribution in [0.5, 0.6) is 0 Å². The van der Waals surface area contributed by atoms with Gasteiger partial charge in [-0.25, -0.2) is 4.79 Å². The van der Waals surface area contributed by atoms with Gasteiger partial charge in [-0.2, -0.15) is 5.10 Å². The van der Waals surface area contributed by atoms with Gasteiger partial charge in [-0.3, -0.25) is 9.48 Å². The van der Waals surface area contributed by atoms with Crippen LogP contribution in [-0.4, -0.2) is 33.3 Å². The molecule has 80 valence electrons. The molecule has 15 heavy (non-hydrogen) atoms. The lowest BCUT2D eigenvalue weighted by molar-refractivity contribution is -0.121. The minimum atomic E-state index is -1.06. The molecule has 2 N–H and O–H groups in total. The molecule has 0 bridgehead atoms. The van der Waals surface area contributed by atoms with E-state index in [4.69, 9.17) is 5.11 Å². The van der Waals surface area contributed by atoms with Gasteiger partial charge in [-0.1, -0.05) is 6.08 Å². The molecule has 0 aromatic carbocycles. The highest BCUT2D eigenvalue weighted by Crippen LogP contribution is 1.96. The summed E-state index contributed by atoms with van der Waals surface area (Å²) in [6.45, 7) is 3.83. The SMILES string of the molecule is C=CCNC(=O)Cn1cc(C(=O)O)cn1. The Hall–Kier alpha value is -2.11. The minimum Gasteiger partial charge on any atom is -0.478 e. The number of amides is 1. The van der Waals surface area contributed by atoms with E-state index in [1.165, 1.54) is 17.1 Å². The zero-order valence-electron chi connectivity index (χ0n) is 8.01. The smallest absolute Gasteiger partial charge is 0.338 e. The van der Waals surface area contributed by atoms with Gasteiger partial charge in [0.1, 0.15) is 6.54 Å². The zero-order chi connectivity index (χ0) is 11.3. The Labute approximate surface area is 86.2 Å². The summed E-state index contributed by atoms with van der Waals surface area (Å²) in [6.07, 6.45) is 4.06. The molecule has 1 aromatic rings. The third kappa shape index (κ3) is 3.26. The summed E-state index contributed by atoms with van der Waals surface area (Å²) in [5.74, 6) is -1.30. The van der Waals surface area contributed by atoms with Crippen LogP contribution in [0.25, 0.3) is 0 Å². The summed E-state index contributed by atoms with van der Waals surface area (Å²) in [5, 5.41) is 14.9. The molecule has 0 unspecified atom stereocenters. The molecule has 0 atom stereocenters. The van der Waals surface area contributed by atoms with Crippen LogP contribution in [0.1, 0.15) is 10.4 Å². The molecule has 0 aliphatic carbocycles. The Morgan fingerprint density at radius 3 is 2.93 bits per heavy atom. The Morgan fingerprint density at radius 2 is 2.40 bits per heavy atom. The molecule has 6 nitrogen and oxygen atoms in total. The topological polar surface area (TPSA) is 84.2 Å². The number of aromatic nitrogens is 2. The van der Waals surface area contributed by atoms with Gasteiger partial charge in [-0.15, -0.1) is 6.58 Å². The average molecular weight is 209 g/mol. The first kappa shape index (κ1) is 11.0. The van der Waals surface area contributed by atoms with E-state index in [2.05, 4.69) is 17.0 Å². The van der Waals surface area contributed by atoms with Gasteiger partial charge in [0.25, 0.3) is 0 Å². The Balaban J connectivity index is 2.53. The van der Waals surface area contributed by atoms with Gasteiger partial charge >= 0.3 is 5.97 Å². The second-order valence-electron chi connectivity index (χ2n) is 2.82. The number of carboxylic acids is 1. The van der Waals surface area contributed by atoms with Crippen LogP contribution in [0.2, 0.25) is 0 Å². The fraction of sp³-hybridized carbons (Fsp3) is 0.222. The maximum Gasteiger partial charge on any atom is 0.338 e. The molecular weight excluding hydrogens is 198 g/mol. The van der Waals surface area contributed by atoms with Crippen LogP contribution in [0.3, 0.4) is 0 Å². The van der Waals surface area contributed by atoms with E-state index >= 15 is 0 Å². The molecule has 1 amide bonds. The van der Waals surface area contributed by atoms with E-state index in [9.17, 15) is 9.59 Å². The molecule has 0 aliphatic rings. The van der Waals surface area contributed by atoms with E-state index in [0.717, 1.165) is 0 Å². The molecule has 0 saturated carbocycles. The molecule has 0 aliphatic heterocycles. The first-order chi connectivity index (χ1) is 7.13. The first-order valence-electron chi connectivity index (χ1n) is 4.27. The van der Waals surface area contributed by atoms with Crippen molar-refractivity contribution in [3.05, 3.63) is 30.6 Å². The maximum atomic E-state index is 11.2. The van der Waals surface area contributed by atoms with Crippen LogP contribution in [0.4, 0.5) is 0 Å². The van der Waals surface area contributed by atoms with Crippen molar-refractivity contribution in [2.24, 2.45) is 0 Å². The Morgan fingerprint density at radius 1 is 1.67 bits per heavy atom. The summed E-state index contributed by atoms with van der Waals surface area (Å²) < 4.78 is 1.27. The minimum absolute atomic E-state index is 0.00111. The van der Waals surface area contributed by atoms with Gasteiger partial charge < -0.3 is 10.4 Å². The van der Waals surface area contributed by atoms with Crippen molar-refractivity contribution in [1.29, 1.82) is 0 Å². The summed E-state index contributed by atoms with van der Waals surface area (Å²) in [7, 11) is 0. The van der Waals surface area contributed by atoms with Crippen LogP contribution in [0, 0.1) is 0 Å².